The number of morpholine rings is 1. The number of methoxy groups -OCH3 is 2. The molecule has 152 valence electrons. The standard InChI is InChI=1S/C20H34N4O3/c1-5-21-20(22-9-6-10-24-11-13-27-14-12-24)23(2)16-17-7-8-18(25-3)15-19(17)26-4/h7-8,15H,5-6,9-14,16H2,1-4H3,(H,21,22). The van der Waals surface area contributed by atoms with Crippen LogP contribution in [0.4, 0.5) is 0 Å². The Balaban J connectivity index is 1.91. The minimum absolute atomic E-state index is 0.711. The number of benzene rings is 1. The van der Waals surface area contributed by atoms with Gasteiger partial charge < -0.3 is 24.4 Å². The molecule has 0 bridgehead atoms. The van der Waals surface area contributed by atoms with Crippen LogP contribution < -0.4 is 14.8 Å². The summed E-state index contributed by atoms with van der Waals surface area (Å²) < 4.78 is 16.2. The monoisotopic (exact) mass is 378 g/mol. The summed E-state index contributed by atoms with van der Waals surface area (Å²) in [6.07, 6.45) is 1.05. The van der Waals surface area contributed by atoms with Crippen LogP contribution in [-0.4, -0.2) is 83.0 Å². The van der Waals surface area contributed by atoms with Gasteiger partial charge in [-0.25, -0.2) is 0 Å². The van der Waals surface area contributed by atoms with Gasteiger partial charge in [0.1, 0.15) is 11.5 Å². The summed E-state index contributed by atoms with van der Waals surface area (Å²) in [5.41, 5.74) is 1.10. The molecule has 0 atom stereocenters. The van der Waals surface area contributed by atoms with Crippen LogP contribution in [0.25, 0.3) is 0 Å². The zero-order valence-corrected chi connectivity index (χ0v) is 17.2. The van der Waals surface area contributed by atoms with Crippen molar-refractivity contribution < 1.29 is 14.2 Å². The highest BCUT2D eigenvalue weighted by Crippen LogP contribution is 2.25. The molecule has 0 aromatic heterocycles. The summed E-state index contributed by atoms with van der Waals surface area (Å²) >= 11 is 0. The fourth-order valence-electron chi connectivity index (χ4n) is 3.09. The van der Waals surface area contributed by atoms with Crippen LogP contribution in [0.3, 0.4) is 0 Å². The van der Waals surface area contributed by atoms with Crippen molar-refractivity contribution in [1.82, 2.24) is 15.1 Å². The van der Waals surface area contributed by atoms with Crippen LogP contribution in [0.1, 0.15) is 18.9 Å². The van der Waals surface area contributed by atoms with E-state index in [4.69, 9.17) is 19.2 Å². The predicted molar refractivity (Wildman–Crippen MR) is 109 cm³/mol. The molecular formula is C20H34N4O3. The quantitative estimate of drug-likeness (QED) is 0.402. The summed E-state index contributed by atoms with van der Waals surface area (Å²) in [6.45, 7) is 9.27. The summed E-state index contributed by atoms with van der Waals surface area (Å²) in [5.74, 6) is 2.53. The highest BCUT2D eigenvalue weighted by atomic mass is 16.5. The Labute approximate surface area is 163 Å². The summed E-state index contributed by atoms with van der Waals surface area (Å²) in [5, 5.41) is 3.38. The molecule has 1 aromatic rings. The van der Waals surface area contributed by atoms with Gasteiger partial charge in [-0.15, -0.1) is 0 Å². The Kier molecular flexibility index (Phi) is 9.21. The summed E-state index contributed by atoms with van der Waals surface area (Å²) in [4.78, 5) is 9.36. The Morgan fingerprint density at radius 1 is 1.26 bits per heavy atom. The third-order valence-corrected chi connectivity index (χ3v) is 4.60. The van der Waals surface area contributed by atoms with E-state index in [0.717, 1.165) is 75.4 Å². The van der Waals surface area contributed by atoms with Crippen LogP contribution in [0.15, 0.2) is 23.2 Å². The van der Waals surface area contributed by atoms with Crippen molar-refractivity contribution in [2.75, 3.05) is 67.2 Å². The van der Waals surface area contributed by atoms with E-state index in [9.17, 15) is 0 Å². The first kappa shape index (κ1) is 21.3. The lowest BCUT2D eigenvalue weighted by Crippen LogP contribution is -2.39. The molecule has 1 aromatic carbocycles. The van der Waals surface area contributed by atoms with E-state index in [2.05, 4.69) is 22.0 Å². The third kappa shape index (κ3) is 6.92. The van der Waals surface area contributed by atoms with E-state index in [0.29, 0.717) is 6.54 Å². The highest BCUT2D eigenvalue weighted by molar-refractivity contribution is 5.79. The summed E-state index contributed by atoms with van der Waals surface area (Å²) in [7, 11) is 5.39. The van der Waals surface area contributed by atoms with Gasteiger partial charge in [0.2, 0.25) is 0 Å². The molecule has 1 N–H and O–H groups in total. The van der Waals surface area contributed by atoms with Crippen molar-refractivity contribution in [3.8, 4) is 11.5 Å². The van der Waals surface area contributed by atoms with E-state index < -0.39 is 0 Å². The molecule has 1 fully saturated rings. The molecule has 0 spiro atoms. The molecule has 7 nitrogen and oxygen atoms in total. The number of aliphatic imine (C=N–C) groups is 1. The van der Waals surface area contributed by atoms with Gasteiger partial charge in [-0.2, -0.15) is 0 Å². The van der Waals surface area contributed by atoms with Crippen molar-refractivity contribution in [2.24, 2.45) is 4.99 Å². The van der Waals surface area contributed by atoms with Gasteiger partial charge in [0, 0.05) is 57.9 Å². The van der Waals surface area contributed by atoms with Crippen LogP contribution in [0.2, 0.25) is 0 Å². The van der Waals surface area contributed by atoms with Crippen LogP contribution in [0, 0.1) is 0 Å². The van der Waals surface area contributed by atoms with Gasteiger partial charge in [0.05, 0.1) is 27.4 Å². The third-order valence-electron chi connectivity index (χ3n) is 4.60. The van der Waals surface area contributed by atoms with E-state index >= 15 is 0 Å². The second kappa shape index (κ2) is 11.7. The number of rotatable bonds is 9. The fourth-order valence-corrected chi connectivity index (χ4v) is 3.09. The number of ether oxygens (including phenoxy) is 3. The van der Waals surface area contributed by atoms with Gasteiger partial charge in [0.15, 0.2) is 5.96 Å². The largest absolute Gasteiger partial charge is 0.497 e. The average molecular weight is 379 g/mol. The van der Waals surface area contributed by atoms with Crippen molar-refractivity contribution in [3.63, 3.8) is 0 Å². The first-order valence-corrected chi connectivity index (χ1v) is 9.68. The molecule has 1 aliphatic rings. The van der Waals surface area contributed by atoms with Crippen LogP contribution in [-0.2, 0) is 11.3 Å². The Morgan fingerprint density at radius 3 is 2.70 bits per heavy atom. The first-order valence-electron chi connectivity index (χ1n) is 9.68. The molecule has 1 aliphatic heterocycles. The predicted octanol–water partition coefficient (Wildman–Crippen LogP) is 1.82. The second-order valence-electron chi connectivity index (χ2n) is 6.58. The van der Waals surface area contributed by atoms with Crippen molar-refractivity contribution >= 4 is 5.96 Å². The molecule has 1 heterocycles. The van der Waals surface area contributed by atoms with Crippen molar-refractivity contribution in [3.05, 3.63) is 23.8 Å². The molecule has 1 saturated heterocycles. The minimum atomic E-state index is 0.711. The highest BCUT2D eigenvalue weighted by Gasteiger charge is 2.12. The molecule has 27 heavy (non-hydrogen) atoms. The molecule has 7 heteroatoms. The number of nitrogens with zero attached hydrogens (tertiary/aromatic N) is 3. The van der Waals surface area contributed by atoms with Gasteiger partial charge >= 0.3 is 0 Å². The van der Waals surface area contributed by atoms with E-state index in [-0.39, 0.29) is 0 Å². The van der Waals surface area contributed by atoms with Crippen molar-refractivity contribution in [2.45, 2.75) is 19.9 Å². The smallest absolute Gasteiger partial charge is 0.193 e. The number of hydrogen-bond donors (Lipinski definition) is 1. The molecule has 2 rings (SSSR count). The van der Waals surface area contributed by atoms with Gasteiger partial charge in [-0.05, 0) is 25.5 Å². The first-order chi connectivity index (χ1) is 13.2. The number of hydrogen-bond acceptors (Lipinski definition) is 5. The molecule has 0 radical (unpaired) electrons. The molecule has 0 unspecified atom stereocenters. The number of guanidine groups is 1. The Morgan fingerprint density at radius 2 is 2.04 bits per heavy atom. The second-order valence-corrected chi connectivity index (χ2v) is 6.58. The normalized spacial score (nSPS) is 15.5. The fraction of sp³-hybridized carbons (Fsp3) is 0.650. The van der Waals surface area contributed by atoms with E-state index in [1.54, 1.807) is 14.2 Å². The van der Waals surface area contributed by atoms with E-state index in [1.165, 1.54) is 0 Å². The van der Waals surface area contributed by atoms with Gasteiger partial charge in [-0.1, -0.05) is 0 Å². The Bertz CT molecular complexity index is 589. The SMILES string of the molecule is CCNC(=NCCCN1CCOCC1)N(C)Cc1ccc(OC)cc1OC. The summed E-state index contributed by atoms with van der Waals surface area (Å²) in [6, 6.07) is 5.91. The zero-order chi connectivity index (χ0) is 19.5. The maximum atomic E-state index is 5.51. The minimum Gasteiger partial charge on any atom is -0.497 e. The van der Waals surface area contributed by atoms with Crippen molar-refractivity contribution in [1.29, 1.82) is 0 Å². The lowest BCUT2D eigenvalue weighted by molar-refractivity contribution is 0.0377. The maximum Gasteiger partial charge on any atom is 0.193 e. The van der Waals surface area contributed by atoms with Gasteiger partial charge in [0.25, 0.3) is 0 Å². The van der Waals surface area contributed by atoms with Crippen LogP contribution in [0.5, 0.6) is 11.5 Å². The average Bonchev–Trinajstić information content (AvgIpc) is 2.71. The lowest BCUT2D eigenvalue weighted by atomic mass is 10.2. The topological polar surface area (TPSA) is 58.6 Å². The number of nitrogens with one attached hydrogen (secondary N) is 1. The maximum absolute atomic E-state index is 5.51. The zero-order valence-electron chi connectivity index (χ0n) is 17.2. The molecule has 0 amide bonds. The Hall–Kier alpha value is -1.99. The molecule has 0 saturated carbocycles. The van der Waals surface area contributed by atoms with Crippen LogP contribution >= 0.6 is 0 Å². The lowest BCUT2D eigenvalue weighted by Gasteiger charge is -2.26. The van der Waals surface area contributed by atoms with Gasteiger partial charge in [-0.3, -0.25) is 9.89 Å². The van der Waals surface area contributed by atoms with E-state index in [1.807, 2.05) is 25.2 Å². The molecular weight excluding hydrogens is 344 g/mol. The molecule has 0 aliphatic carbocycles.